The number of Topliss-reactive ketones (excluding diaryl/α,β-unsaturated/α-hetero) is 1. The second-order valence-electron chi connectivity index (χ2n) is 4.02. The summed E-state index contributed by atoms with van der Waals surface area (Å²) in [7, 11) is 0. The first-order valence-electron chi connectivity index (χ1n) is 5.59. The quantitative estimate of drug-likeness (QED) is 0.762. The summed E-state index contributed by atoms with van der Waals surface area (Å²) in [6.45, 7) is -0.0284. The molecule has 0 fully saturated rings. The lowest BCUT2D eigenvalue weighted by atomic mass is 10.1. The number of fused-ring (bicyclic) bond motifs is 1. The maximum absolute atomic E-state index is 13.8. The first kappa shape index (κ1) is 11.5. The summed E-state index contributed by atoms with van der Waals surface area (Å²) < 4.78 is 13.8. The van der Waals surface area contributed by atoms with Gasteiger partial charge in [-0.25, -0.2) is 14.4 Å². The van der Waals surface area contributed by atoms with E-state index in [0.29, 0.717) is 5.82 Å². The first-order valence-corrected chi connectivity index (χ1v) is 5.59. The Kier molecular flexibility index (Phi) is 2.56. The Morgan fingerprint density at radius 3 is 2.58 bits per heavy atom. The van der Waals surface area contributed by atoms with E-state index in [1.165, 1.54) is 30.6 Å². The fourth-order valence-corrected chi connectivity index (χ4v) is 2.02. The fourth-order valence-electron chi connectivity index (χ4n) is 2.02. The highest BCUT2D eigenvalue weighted by Gasteiger charge is 2.38. The van der Waals surface area contributed by atoms with Gasteiger partial charge in [-0.2, -0.15) is 0 Å². The largest absolute Gasteiger partial charge is 0.299 e. The number of anilines is 1. The maximum atomic E-state index is 13.8. The smallest absolute Gasteiger partial charge is 0.294 e. The highest BCUT2D eigenvalue weighted by molar-refractivity contribution is 6.52. The van der Waals surface area contributed by atoms with E-state index in [1.54, 1.807) is 6.07 Å². The van der Waals surface area contributed by atoms with Crippen LogP contribution in [-0.4, -0.2) is 21.7 Å². The van der Waals surface area contributed by atoms with Crippen LogP contribution in [0.25, 0.3) is 0 Å². The van der Waals surface area contributed by atoms with Gasteiger partial charge in [0.25, 0.3) is 11.7 Å². The van der Waals surface area contributed by atoms with Gasteiger partial charge in [0.15, 0.2) is 0 Å². The number of para-hydroxylation sites is 1. The minimum atomic E-state index is -0.757. The minimum Gasteiger partial charge on any atom is -0.294 e. The van der Waals surface area contributed by atoms with Crippen molar-refractivity contribution in [2.75, 3.05) is 4.90 Å². The van der Waals surface area contributed by atoms with Crippen LogP contribution in [-0.2, 0) is 11.3 Å². The van der Waals surface area contributed by atoms with Gasteiger partial charge >= 0.3 is 0 Å². The third-order valence-electron chi connectivity index (χ3n) is 2.86. The molecule has 0 unspecified atom stereocenters. The number of amides is 1. The van der Waals surface area contributed by atoms with Crippen LogP contribution in [0.1, 0.15) is 16.2 Å². The number of halogens is 1. The summed E-state index contributed by atoms with van der Waals surface area (Å²) in [5.41, 5.74) is 0.0888. The van der Waals surface area contributed by atoms with Gasteiger partial charge in [-0.1, -0.05) is 6.07 Å². The fraction of sp³-hybridized carbons (Fsp3) is 0.0769. The van der Waals surface area contributed by atoms with Gasteiger partial charge in [0.05, 0.1) is 17.8 Å². The Balaban J connectivity index is 2.04. The molecule has 5 nitrogen and oxygen atoms in total. The average molecular weight is 257 g/mol. The lowest BCUT2D eigenvalue weighted by molar-refractivity contribution is -0.114. The monoisotopic (exact) mass is 257 g/mol. The number of hydrogen-bond donors (Lipinski definition) is 0. The van der Waals surface area contributed by atoms with E-state index >= 15 is 0 Å². The molecular formula is C13H8FN3O2. The van der Waals surface area contributed by atoms with Crippen LogP contribution in [0.5, 0.6) is 0 Å². The molecule has 3 rings (SSSR count). The van der Waals surface area contributed by atoms with Crippen LogP contribution in [0, 0.1) is 5.82 Å². The molecule has 0 aliphatic carbocycles. The predicted molar refractivity (Wildman–Crippen MR) is 64.0 cm³/mol. The molecule has 0 saturated heterocycles. The number of nitrogens with zero attached hydrogens (tertiary/aromatic N) is 3. The molecule has 0 N–H and O–H groups in total. The molecule has 19 heavy (non-hydrogen) atoms. The summed E-state index contributed by atoms with van der Waals surface area (Å²) in [5.74, 6) is -1.72. The molecule has 0 atom stereocenters. The van der Waals surface area contributed by atoms with E-state index in [0.717, 1.165) is 4.90 Å². The zero-order chi connectivity index (χ0) is 13.4. The van der Waals surface area contributed by atoms with Crippen LogP contribution in [0.15, 0.2) is 36.7 Å². The molecule has 1 amide bonds. The van der Waals surface area contributed by atoms with Crippen molar-refractivity contribution in [2.24, 2.45) is 0 Å². The molecule has 6 heteroatoms. The number of hydrogen-bond acceptors (Lipinski definition) is 4. The molecule has 0 spiro atoms. The highest BCUT2D eigenvalue weighted by atomic mass is 19.1. The van der Waals surface area contributed by atoms with E-state index in [2.05, 4.69) is 9.97 Å². The lowest BCUT2D eigenvalue weighted by Crippen LogP contribution is -2.30. The van der Waals surface area contributed by atoms with Crippen molar-refractivity contribution in [3.8, 4) is 0 Å². The number of ketones is 1. The maximum Gasteiger partial charge on any atom is 0.299 e. The zero-order valence-corrected chi connectivity index (χ0v) is 9.71. The van der Waals surface area contributed by atoms with E-state index in [-0.39, 0.29) is 17.8 Å². The van der Waals surface area contributed by atoms with Gasteiger partial charge in [0.1, 0.15) is 11.6 Å². The first-order chi connectivity index (χ1) is 9.18. The standard InChI is InChI=1S/C13H8FN3O2/c14-9-4-1-3-8-11(9)17(13(19)12(8)18)7-10-15-5-2-6-16-10/h1-6H,7H2. The number of carbonyl (C=O) groups is 2. The van der Waals surface area contributed by atoms with Gasteiger partial charge in [0, 0.05) is 12.4 Å². The van der Waals surface area contributed by atoms with Gasteiger partial charge in [-0.15, -0.1) is 0 Å². The molecule has 94 valence electrons. The van der Waals surface area contributed by atoms with Gasteiger partial charge in [-0.3, -0.25) is 14.5 Å². The van der Waals surface area contributed by atoms with E-state index < -0.39 is 17.5 Å². The lowest BCUT2D eigenvalue weighted by Gasteiger charge is -2.15. The Bertz CT molecular complexity index is 673. The Hall–Kier alpha value is -2.63. The molecular weight excluding hydrogens is 249 g/mol. The van der Waals surface area contributed by atoms with Crippen molar-refractivity contribution in [1.82, 2.24) is 9.97 Å². The summed E-state index contributed by atoms with van der Waals surface area (Å²) >= 11 is 0. The van der Waals surface area contributed by atoms with Gasteiger partial charge in [-0.05, 0) is 18.2 Å². The molecule has 2 aromatic rings. The van der Waals surface area contributed by atoms with E-state index in [4.69, 9.17) is 0 Å². The average Bonchev–Trinajstić information content (AvgIpc) is 2.67. The normalized spacial score (nSPS) is 13.8. The number of aromatic nitrogens is 2. The SMILES string of the molecule is O=C1C(=O)N(Cc2ncccn2)c2c(F)cccc21. The summed E-state index contributed by atoms with van der Waals surface area (Å²) in [5, 5.41) is 0. The molecule has 0 saturated carbocycles. The molecule has 0 bridgehead atoms. The van der Waals surface area contributed by atoms with Crippen molar-refractivity contribution in [1.29, 1.82) is 0 Å². The molecule has 0 radical (unpaired) electrons. The second-order valence-corrected chi connectivity index (χ2v) is 4.02. The van der Waals surface area contributed by atoms with Crippen molar-refractivity contribution in [3.05, 3.63) is 53.9 Å². The molecule has 1 aromatic heterocycles. The third-order valence-corrected chi connectivity index (χ3v) is 2.86. The Morgan fingerprint density at radius 1 is 1.11 bits per heavy atom. The van der Waals surface area contributed by atoms with Crippen molar-refractivity contribution in [2.45, 2.75) is 6.54 Å². The van der Waals surface area contributed by atoms with E-state index in [9.17, 15) is 14.0 Å². The summed E-state index contributed by atoms with van der Waals surface area (Å²) in [6, 6.07) is 5.69. The topological polar surface area (TPSA) is 63.2 Å². The second kappa shape index (κ2) is 4.24. The Labute approximate surface area is 107 Å². The van der Waals surface area contributed by atoms with Gasteiger partial charge < -0.3 is 0 Å². The molecule has 2 heterocycles. The predicted octanol–water partition coefficient (Wildman–Crippen LogP) is 1.35. The van der Waals surface area contributed by atoms with Crippen LogP contribution in [0.2, 0.25) is 0 Å². The number of carbonyl (C=O) groups excluding carboxylic acids is 2. The zero-order valence-electron chi connectivity index (χ0n) is 9.71. The van der Waals surface area contributed by atoms with Crippen molar-refractivity contribution < 1.29 is 14.0 Å². The van der Waals surface area contributed by atoms with Crippen LogP contribution in [0.4, 0.5) is 10.1 Å². The van der Waals surface area contributed by atoms with Crippen LogP contribution >= 0.6 is 0 Å². The Morgan fingerprint density at radius 2 is 1.84 bits per heavy atom. The molecule has 1 aliphatic heterocycles. The van der Waals surface area contributed by atoms with Crippen molar-refractivity contribution in [3.63, 3.8) is 0 Å². The number of rotatable bonds is 2. The summed E-state index contributed by atoms with van der Waals surface area (Å²) in [6.07, 6.45) is 3.04. The van der Waals surface area contributed by atoms with Crippen LogP contribution < -0.4 is 4.90 Å². The third kappa shape index (κ3) is 1.77. The van der Waals surface area contributed by atoms with E-state index in [1.807, 2.05) is 0 Å². The van der Waals surface area contributed by atoms with Crippen LogP contribution in [0.3, 0.4) is 0 Å². The van der Waals surface area contributed by atoms with Crippen molar-refractivity contribution >= 4 is 17.4 Å². The molecule has 1 aliphatic rings. The highest BCUT2D eigenvalue weighted by Crippen LogP contribution is 2.32. The number of benzene rings is 1. The minimum absolute atomic E-state index is 0.00459. The molecule has 1 aromatic carbocycles. The van der Waals surface area contributed by atoms with Gasteiger partial charge in [0.2, 0.25) is 0 Å². The summed E-state index contributed by atoms with van der Waals surface area (Å²) in [4.78, 5) is 32.6.